The number of aromatic nitrogens is 3. The first kappa shape index (κ1) is 18.9. The summed E-state index contributed by atoms with van der Waals surface area (Å²) in [5.41, 5.74) is 1.66. The van der Waals surface area contributed by atoms with E-state index in [9.17, 15) is 4.79 Å². The second kappa shape index (κ2) is 7.89. The summed E-state index contributed by atoms with van der Waals surface area (Å²) >= 11 is 6.24. The standard InChI is InChI=1S/C21H24ClN5O/c1-27(2)14-9-7-13(8-10-14)26-21-18-16(11-23-20(18)24-12-25-21)19(28)15-5-3-4-6-17(15)22/h3-6,11-14H,7-10H2,1-2H3,(H2,23,24,25,26). The van der Waals surface area contributed by atoms with Gasteiger partial charge in [-0.25, -0.2) is 9.97 Å². The lowest BCUT2D eigenvalue weighted by Gasteiger charge is -2.33. The molecule has 146 valence electrons. The molecule has 28 heavy (non-hydrogen) atoms. The van der Waals surface area contributed by atoms with Gasteiger partial charge in [0.05, 0.1) is 16.0 Å². The van der Waals surface area contributed by atoms with Crippen molar-refractivity contribution in [3.05, 3.63) is 52.9 Å². The number of carbonyl (C=O) groups is 1. The number of nitrogens with zero attached hydrogens (tertiary/aromatic N) is 3. The van der Waals surface area contributed by atoms with E-state index in [-0.39, 0.29) is 5.78 Å². The molecule has 2 heterocycles. The van der Waals surface area contributed by atoms with Crippen molar-refractivity contribution in [3.8, 4) is 0 Å². The van der Waals surface area contributed by atoms with Crippen molar-refractivity contribution in [1.82, 2.24) is 19.9 Å². The Bertz CT molecular complexity index is 991. The van der Waals surface area contributed by atoms with Gasteiger partial charge in [0.1, 0.15) is 17.8 Å². The molecule has 0 radical (unpaired) electrons. The monoisotopic (exact) mass is 397 g/mol. The average molecular weight is 398 g/mol. The van der Waals surface area contributed by atoms with E-state index in [1.165, 1.54) is 6.33 Å². The molecule has 1 fully saturated rings. The maximum atomic E-state index is 13.1. The number of rotatable bonds is 5. The minimum Gasteiger partial charge on any atom is -0.367 e. The van der Waals surface area contributed by atoms with Gasteiger partial charge in [-0.05, 0) is 51.9 Å². The molecule has 1 aliphatic rings. The number of aromatic amines is 1. The van der Waals surface area contributed by atoms with Crippen LogP contribution in [0.5, 0.6) is 0 Å². The minimum absolute atomic E-state index is 0.133. The number of ketones is 1. The maximum Gasteiger partial charge on any atom is 0.196 e. The lowest BCUT2D eigenvalue weighted by molar-refractivity contribution is 0.104. The number of halogens is 1. The second-order valence-electron chi connectivity index (χ2n) is 7.57. The minimum atomic E-state index is -0.133. The Hall–Kier alpha value is -2.44. The fourth-order valence-electron chi connectivity index (χ4n) is 3.97. The molecule has 1 saturated carbocycles. The van der Waals surface area contributed by atoms with Crippen LogP contribution in [0.15, 0.2) is 36.8 Å². The molecule has 1 aliphatic carbocycles. The number of benzene rings is 1. The van der Waals surface area contributed by atoms with Gasteiger partial charge in [-0.1, -0.05) is 23.7 Å². The highest BCUT2D eigenvalue weighted by molar-refractivity contribution is 6.35. The van der Waals surface area contributed by atoms with Crippen LogP contribution in [0.3, 0.4) is 0 Å². The van der Waals surface area contributed by atoms with Gasteiger partial charge < -0.3 is 15.2 Å². The highest BCUT2D eigenvalue weighted by Crippen LogP contribution is 2.30. The molecule has 0 spiro atoms. The SMILES string of the molecule is CN(C)C1CCC(Nc2ncnc3[nH]cc(C(=O)c4ccccc4Cl)c23)CC1. The average Bonchev–Trinajstić information content (AvgIpc) is 3.13. The maximum absolute atomic E-state index is 13.1. The lowest BCUT2D eigenvalue weighted by atomic mass is 9.90. The van der Waals surface area contributed by atoms with Crippen molar-refractivity contribution in [1.29, 1.82) is 0 Å². The molecule has 2 N–H and O–H groups in total. The van der Waals surface area contributed by atoms with E-state index in [0.29, 0.717) is 39.7 Å². The Morgan fingerprint density at radius 3 is 2.61 bits per heavy atom. The van der Waals surface area contributed by atoms with Gasteiger partial charge in [0.2, 0.25) is 0 Å². The third-order valence-electron chi connectivity index (χ3n) is 5.60. The van der Waals surface area contributed by atoms with Crippen LogP contribution in [-0.2, 0) is 0 Å². The summed E-state index contributed by atoms with van der Waals surface area (Å²) in [4.78, 5) is 27.2. The third kappa shape index (κ3) is 3.62. The van der Waals surface area contributed by atoms with E-state index >= 15 is 0 Å². The predicted octanol–water partition coefficient (Wildman–Crippen LogP) is 4.13. The molecule has 0 unspecified atom stereocenters. The zero-order chi connectivity index (χ0) is 19.7. The highest BCUT2D eigenvalue weighted by Gasteiger charge is 2.25. The largest absolute Gasteiger partial charge is 0.367 e. The van der Waals surface area contributed by atoms with Gasteiger partial charge in [0.25, 0.3) is 0 Å². The molecular formula is C21H24ClN5O. The fourth-order valence-corrected chi connectivity index (χ4v) is 4.19. The number of nitrogens with one attached hydrogen (secondary N) is 2. The zero-order valence-corrected chi connectivity index (χ0v) is 16.8. The van der Waals surface area contributed by atoms with Crippen LogP contribution < -0.4 is 5.32 Å². The Morgan fingerprint density at radius 1 is 1.14 bits per heavy atom. The van der Waals surface area contributed by atoms with Gasteiger partial charge in [-0.3, -0.25) is 4.79 Å². The first-order valence-corrected chi connectivity index (χ1v) is 9.96. The molecular weight excluding hydrogens is 374 g/mol. The van der Waals surface area contributed by atoms with Gasteiger partial charge in [-0.15, -0.1) is 0 Å². The van der Waals surface area contributed by atoms with E-state index < -0.39 is 0 Å². The Balaban J connectivity index is 1.63. The molecule has 0 aliphatic heterocycles. The molecule has 0 saturated heterocycles. The summed E-state index contributed by atoms with van der Waals surface area (Å²) in [6.07, 6.45) is 7.67. The molecule has 3 aromatic rings. The zero-order valence-electron chi connectivity index (χ0n) is 16.1. The number of carbonyl (C=O) groups excluding carboxylic acids is 1. The van der Waals surface area contributed by atoms with Crippen LogP contribution in [0, 0.1) is 0 Å². The Kier molecular flexibility index (Phi) is 5.33. The van der Waals surface area contributed by atoms with Crippen LogP contribution in [-0.4, -0.2) is 51.8 Å². The molecule has 0 atom stereocenters. The summed E-state index contributed by atoms with van der Waals surface area (Å²) < 4.78 is 0. The van der Waals surface area contributed by atoms with Gasteiger partial charge in [0, 0.05) is 23.8 Å². The quantitative estimate of drug-likeness (QED) is 0.633. The van der Waals surface area contributed by atoms with Crippen molar-refractivity contribution < 1.29 is 4.79 Å². The highest BCUT2D eigenvalue weighted by atomic mass is 35.5. The number of H-pyrrole nitrogens is 1. The first-order valence-electron chi connectivity index (χ1n) is 9.59. The van der Waals surface area contributed by atoms with Crippen LogP contribution in [0.1, 0.15) is 41.6 Å². The molecule has 7 heteroatoms. The second-order valence-corrected chi connectivity index (χ2v) is 7.98. The number of fused-ring (bicyclic) bond motifs is 1. The Morgan fingerprint density at radius 2 is 1.89 bits per heavy atom. The number of hydrogen-bond donors (Lipinski definition) is 2. The van der Waals surface area contributed by atoms with Crippen molar-refractivity contribution in [2.45, 2.75) is 37.8 Å². The van der Waals surface area contributed by atoms with Crippen LogP contribution >= 0.6 is 11.6 Å². The van der Waals surface area contributed by atoms with Crippen molar-refractivity contribution in [2.75, 3.05) is 19.4 Å². The predicted molar refractivity (Wildman–Crippen MR) is 112 cm³/mol. The molecule has 4 rings (SSSR count). The van der Waals surface area contributed by atoms with Crippen molar-refractivity contribution in [2.24, 2.45) is 0 Å². The summed E-state index contributed by atoms with van der Waals surface area (Å²) in [5, 5.41) is 4.72. The van der Waals surface area contributed by atoms with Crippen LogP contribution in [0.4, 0.5) is 5.82 Å². The van der Waals surface area contributed by atoms with Crippen LogP contribution in [0.2, 0.25) is 5.02 Å². The Labute approximate surface area is 169 Å². The lowest BCUT2D eigenvalue weighted by Crippen LogP contribution is -2.36. The van der Waals surface area contributed by atoms with Gasteiger partial charge >= 0.3 is 0 Å². The third-order valence-corrected chi connectivity index (χ3v) is 5.93. The van der Waals surface area contributed by atoms with Crippen LogP contribution in [0.25, 0.3) is 11.0 Å². The van der Waals surface area contributed by atoms with E-state index in [0.717, 1.165) is 31.1 Å². The first-order chi connectivity index (χ1) is 13.5. The molecule has 0 bridgehead atoms. The molecule has 6 nitrogen and oxygen atoms in total. The van der Waals surface area contributed by atoms with E-state index in [2.05, 4.69) is 39.3 Å². The summed E-state index contributed by atoms with van der Waals surface area (Å²) in [6.45, 7) is 0. The number of anilines is 1. The molecule has 1 aromatic carbocycles. The van der Waals surface area contributed by atoms with Crippen molar-refractivity contribution >= 4 is 34.2 Å². The smallest absolute Gasteiger partial charge is 0.196 e. The summed E-state index contributed by atoms with van der Waals surface area (Å²) in [7, 11) is 4.28. The van der Waals surface area contributed by atoms with Gasteiger partial charge in [0.15, 0.2) is 5.78 Å². The molecule has 0 amide bonds. The van der Waals surface area contributed by atoms with E-state index in [4.69, 9.17) is 11.6 Å². The summed E-state index contributed by atoms with van der Waals surface area (Å²) in [5.74, 6) is 0.570. The van der Waals surface area contributed by atoms with E-state index in [1.807, 2.05) is 12.1 Å². The molecule has 2 aromatic heterocycles. The topological polar surface area (TPSA) is 73.9 Å². The fraction of sp³-hybridized carbons (Fsp3) is 0.381. The van der Waals surface area contributed by atoms with Crippen molar-refractivity contribution in [3.63, 3.8) is 0 Å². The summed E-state index contributed by atoms with van der Waals surface area (Å²) in [6, 6.07) is 8.06. The van der Waals surface area contributed by atoms with E-state index in [1.54, 1.807) is 18.3 Å². The normalized spacial score (nSPS) is 19.9. The van der Waals surface area contributed by atoms with Gasteiger partial charge in [-0.2, -0.15) is 0 Å². The number of hydrogen-bond acceptors (Lipinski definition) is 5.